The van der Waals surface area contributed by atoms with Crippen LogP contribution in [0.15, 0.2) is 24.3 Å². The van der Waals surface area contributed by atoms with Crippen molar-refractivity contribution in [3.63, 3.8) is 0 Å². The van der Waals surface area contributed by atoms with E-state index in [-0.39, 0.29) is 36.2 Å². The number of sulfone groups is 1. The Balaban J connectivity index is 2.07. The van der Waals surface area contributed by atoms with E-state index in [2.05, 4.69) is 5.32 Å². The summed E-state index contributed by atoms with van der Waals surface area (Å²) in [5, 5.41) is 3.60. The second-order valence-corrected chi connectivity index (χ2v) is 8.29. The van der Waals surface area contributed by atoms with E-state index in [0.717, 1.165) is 12.0 Å². The monoisotopic (exact) mass is 344 g/mol. The fourth-order valence-corrected chi connectivity index (χ4v) is 4.43. The van der Waals surface area contributed by atoms with Gasteiger partial charge in [0.1, 0.15) is 0 Å². The zero-order valence-corrected chi connectivity index (χ0v) is 14.3. The summed E-state index contributed by atoms with van der Waals surface area (Å²) in [6.45, 7) is 3.98. The van der Waals surface area contributed by atoms with Crippen molar-refractivity contribution in [2.75, 3.05) is 18.1 Å². The molecule has 0 radical (unpaired) electrons. The van der Waals surface area contributed by atoms with E-state index in [1.165, 1.54) is 0 Å². The highest BCUT2D eigenvalue weighted by molar-refractivity contribution is 7.91. The van der Waals surface area contributed by atoms with Gasteiger partial charge in [0, 0.05) is 17.6 Å². The normalized spacial score (nSPS) is 22.1. The maximum Gasteiger partial charge on any atom is 0.318 e. The van der Waals surface area contributed by atoms with Crippen molar-refractivity contribution >= 4 is 27.5 Å². The van der Waals surface area contributed by atoms with Gasteiger partial charge in [-0.25, -0.2) is 13.2 Å². The first-order chi connectivity index (χ1) is 10.3. The third kappa shape index (κ3) is 4.14. The van der Waals surface area contributed by atoms with Crippen LogP contribution in [-0.4, -0.2) is 43.4 Å². The van der Waals surface area contributed by atoms with E-state index in [9.17, 15) is 13.2 Å². The number of hydrogen-bond donors (Lipinski definition) is 1. The largest absolute Gasteiger partial charge is 0.331 e. The molecule has 7 heteroatoms. The van der Waals surface area contributed by atoms with Crippen LogP contribution in [-0.2, 0) is 9.84 Å². The predicted octanol–water partition coefficient (Wildman–Crippen LogP) is 2.62. The van der Waals surface area contributed by atoms with Crippen LogP contribution >= 0.6 is 11.6 Å². The molecule has 0 saturated carbocycles. The lowest BCUT2D eigenvalue weighted by Gasteiger charge is -2.34. The number of carbonyl (C=O) groups excluding carboxylic acids is 1. The minimum Gasteiger partial charge on any atom is -0.331 e. The molecule has 1 aromatic carbocycles. The molecule has 5 nitrogen and oxygen atoms in total. The standard InChI is InChI=1S/C15H21ClN2O3S/c1-3-14(12-5-4-6-13(16)9-12)17-15(19)18-7-8-22(20,21)10-11(18)2/h4-6,9,11,14H,3,7-8,10H2,1-2H3,(H,17,19)/t11-,14-/m0/s1. The molecule has 1 heterocycles. The molecule has 0 bridgehead atoms. The van der Waals surface area contributed by atoms with Gasteiger partial charge < -0.3 is 10.2 Å². The topological polar surface area (TPSA) is 66.5 Å². The minimum absolute atomic E-state index is 0.0222. The van der Waals surface area contributed by atoms with Crippen LogP contribution in [0, 0.1) is 0 Å². The fourth-order valence-electron chi connectivity index (χ4n) is 2.68. The highest BCUT2D eigenvalue weighted by atomic mass is 35.5. The molecule has 122 valence electrons. The number of nitrogens with zero attached hydrogens (tertiary/aromatic N) is 1. The average Bonchev–Trinajstić information content (AvgIpc) is 2.43. The Hall–Kier alpha value is -1.27. The average molecular weight is 345 g/mol. The summed E-state index contributed by atoms with van der Waals surface area (Å²) in [5.41, 5.74) is 0.945. The summed E-state index contributed by atoms with van der Waals surface area (Å²) < 4.78 is 23.2. The van der Waals surface area contributed by atoms with E-state index < -0.39 is 9.84 Å². The van der Waals surface area contributed by atoms with Gasteiger partial charge in [0.15, 0.2) is 9.84 Å². The van der Waals surface area contributed by atoms with Crippen LogP contribution in [0.25, 0.3) is 0 Å². The summed E-state index contributed by atoms with van der Waals surface area (Å²) in [7, 11) is -3.03. The zero-order valence-electron chi connectivity index (χ0n) is 12.8. The molecule has 2 rings (SSSR count). The molecule has 2 atom stereocenters. The fraction of sp³-hybridized carbons (Fsp3) is 0.533. The minimum atomic E-state index is -3.03. The second kappa shape index (κ2) is 6.87. The van der Waals surface area contributed by atoms with E-state index in [4.69, 9.17) is 11.6 Å². The van der Waals surface area contributed by atoms with Gasteiger partial charge in [0.05, 0.1) is 17.5 Å². The molecule has 1 N–H and O–H groups in total. The molecule has 1 aromatic rings. The first-order valence-corrected chi connectivity index (χ1v) is 9.55. The van der Waals surface area contributed by atoms with Crippen molar-refractivity contribution in [2.45, 2.75) is 32.4 Å². The van der Waals surface area contributed by atoms with Crippen LogP contribution in [0.3, 0.4) is 0 Å². The Bertz CT molecular complexity index is 648. The van der Waals surface area contributed by atoms with Gasteiger partial charge in [-0.05, 0) is 31.0 Å². The van der Waals surface area contributed by atoms with Crippen molar-refractivity contribution in [2.24, 2.45) is 0 Å². The van der Waals surface area contributed by atoms with Crippen molar-refractivity contribution in [1.82, 2.24) is 10.2 Å². The van der Waals surface area contributed by atoms with E-state index in [1.54, 1.807) is 17.9 Å². The number of amides is 2. The molecule has 22 heavy (non-hydrogen) atoms. The number of halogens is 1. The summed E-state index contributed by atoms with van der Waals surface area (Å²) in [4.78, 5) is 14.0. The van der Waals surface area contributed by atoms with E-state index >= 15 is 0 Å². The molecule has 0 spiro atoms. The van der Waals surface area contributed by atoms with Crippen LogP contribution in [0.1, 0.15) is 31.9 Å². The zero-order chi connectivity index (χ0) is 16.3. The van der Waals surface area contributed by atoms with Crippen LogP contribution in [0.2, 0.25) is 5.02 Å². The molecule has 0 unspecified atom stereocenters. The molecule has 0 aromatic heterocycles. The van der Waals surface area contributed by atoms with Crippen LogP contribution < -0.4 is 5.32 Å². The molecular weight excluding hydrogens is 324 g/mol. The first-order valence-electron chi connectivity index (χ1n) is 7.35. The lowest BCUT2D eigenvalue weighted by molar-refractivity contribution is 0.180. The Morgan fingerprint density at radius 1 is 1.50 bits per heavy atom. The Labute approximate surface area is 136 Å². The SMILES string of the molecule is CC[C@H](NC(=O)N1CCS(=O)(=O)C[C@@H]1C)c1cccc(Cl)c1. The quantitative estimate of drug-likeness (QED) is 0.916. The van der Waals surface area contributed by atoms with Gasteiger partial charge in [-0.3, -0.25) is 0 Å². The van der Waals surface area contributed by atoms with Crippen molar-refractivity contribution in [1.29, 1.82) is 0 Å². The first kappa shape index (κ1) is 17.1. The third-order valence-electron chi connectivity index (χ3n) is 3.89. The van der Waals surface area contributed by atoms with Crippen LogP contribution in [0.4, 0.5) is 4.79 Å². The lowest BCUT2D eigenvalue weighted by Crippen LogP contribution is -2.53. The summed E-state index contributed by atoms with van der Waals surface area (Å²) in [6.07, 6.45) is 0.729. The summed E-state index contributed by atoms with van der Waals surface area (Å²) in [6, 6.07) is 6.71. The summed E-state index contributed by atoms with van der Waals surface area (Å²) >= 11 is 6.00. The number of carbonyl (C=O) groups is 1. The number of hydrogen-bond acceptors (Lipinski definition) is 3. The van der Waals surface area contributed by atoms with Gasteiger partial charge >= 0.3 is 6.03 Å². The molecule has 1 aliphatic rings. The number of nitrogens with one attached hydrogen (secondary N) is 1. The molecule has 1 saturated heterocycles. The Morgan fingerprint density at radius 2 is 2.23 bits per heavy atom. The number of benzene rings is 1. The number of urea groups is 1. The molecule has 2 amide bonds. The third-order valence-corrected chi connectivity index (χ3v) is 5.92. The molecular formula is C15H21ClN2O3S. The maximum absolute atomic E-state index is 12.4. The highest BCUT2D eigenvalue weighted by Gasteiger charge is 2.31. The molecule has 1 fully saturated rings. The van der Waals surface area contributed by atoms with E-state index in [1.807, 2.05) is 25.1 Å². The van der Waals surface area contributed by atoms with Crippen molar-refractivity contribution < 1.29 is 13.2 Å². The maximum atomic E-state index is 12.4. The summed E-state index contributed by atoms with van der Waals surface area (Å²) in [5.74, 6) is 0.0487. The van der Waals surface area contributed by atoms with Gasteiger partial charge in [0.2, 0.25) is 0 Å². The van der Waals surface area contributed by atoms with Gasteiger partial charge in [-0.15, -0.1) is 0 Å². The van der Waals surface area contributed by atoms with Gasteiger partial charge in [-0.1, -0.05) is 30.7 Å². The van der Waals surface area contributed by atoms with E-state index in [0.29, 0.717) is 5.02 Å². The molecule has 1 aliphatic heterocycles. The highest BCUT2D eigenvalue weighted by Crippen LogP contribution is 2.21. The Kier molecular flexibility index (Phi) is 5.34. The van der Waals surface area contributed by atoms with Crippen molar-refractivity contribution in [3.05, 3.63) is 34.9 Å². The van der Waals surface area contributed by atoms with Gasteiger partial charge in [-0.2, -0.15) is 0 Å². The second-order valence-electron chi connectivity index (χ2n) is 5.62. The lowest BCUT2D eigenvalue weighted by atomic mass is 10.0. The van der Waals surface area contributed by atoms with Gasteiger partial charge in [0.25, 0.3) is 0 Å². The smallest absolute Gasteiger partial charge is 0.318 e. The predicted molar refractivity (Wildman–Crippen MR) is 87.8 cm³/mol. The van der Waals surface area contributed by atoms with Crippen molar-refractivity contribution in [3.8, 4) is 0 Å². The Morgan fingerprint density at radius 3 is 2.82 bits per heavy atom. The molecule has 0 aliphatic carbocycles. The number of rotatable bonds is 3. The van der Waals surface area contributed by atoms with Crippen LogP contribution in [0.5, 0.6) is 0 Å².